The highest BCUT2D eigenvalue weighted by Crippen LogP contribution is 2.36. The molecule has 1 aliphatic heterocycles. The number of carboxylic acid groups (broad SMARTS) is 1. The lowest BCUT2D eigenvalue weighted by Crippen LogP contribution is -2.37. The van der Waals surface area contributed by atoms with Crippen molar-refractivity contribution in [3.8, 4) is 5.75 Å². The number of methoxy groups -OCH3 is 1. The smallest absolute Gasteiger partial charge is 0.328 e. The van der Waals surface area contributed by atoms with E-state index in [1.165, 1.54) is 23.6 Å². The van der Waals surface area contributed by atoms with Crippen LogP contribution < -0.4 is 4.74 Å². The quantitative estimate of drug-likeness (QED) is 0.814. The third-order valence-corrected chi connectivity index (χ3v) is 6.34. The average Bonchev–Trinajstić information content (AvgIpc) is 3.04. The number of sulfonamides is 1. The molecular formula is C18H19NO5S. The SMILES string of the molecule is COc1ccc(C=CC(=O)O)cc1S(=O)(=O)N1CCC2C=CC=CC21. The second kappa shape index (κ2) is 6.85. The molecule has 7 heteroatoms. The Hall–Kier alpha value is -2.38. The lowest BCUT2D eigenvalue weighted by molar-refractivity contribution is -0.131. The largest absolute Gasteiger partial charge is 0.495 e. The van der Waals surface area contributed by atoms with Gasteiger partial charge in [0.05, 0.1) is 7.11 Å². The first-order valence-corrected chi connectivity index (χ1v) is 9.33. The molecule has 132 valence electrons. The van der Waals surface area contributed by atoms with E-state index in [0.29, 0.717) is 12.1 Å². The van der Waals surface area contributed by atoms with Crippen LogP contribution in [0.2, 0.25) is 0 Å². The number of nitrogens with zero attached hydrogens (tertiary/aromatic N) is 1. The van der Waals surface area contributed by atoms with Gasteiger partial charge in [-0.3, -0.25) is 0 Å². The zero-order valence-corrected chi connectivity index (χ0v) is 14.5. The molecule has 1 heterocycles. The van der Waals surface area contributed by atoms with Gasteiger partial charge in [-0.2, -0.15) is 4.31 Å². The van der Waals surface area contributed by atoms with E-state index in [4.69, 9.17) is 9.84 Å². The summed E-state index contributed by atoms with van der Waals surface area (Å²) in [6.45, 7) is 0.435. The van der Waals surface area contributed by atoms with Crippen LogP contribution in [0.5, 0.6) is 5.75 Å². The molecule has 1 aromatic rings. The molecule has 0 aromatic heterocycles. The fourth-order valence-corrected chi connectivity index (χ4v) is 5.05. The summed E-state index contributed by atoms with van der Waals surface area (Å²) in [4.78, 5) is 10.7. The average molecular weight is 361 g/mol. The van der Waals surface area contributed by atoms with Crippen LogP contribution >= 0.6 is 0 Å². The highest BCUT2D eigenvalue weighted by atomic mass is 32.2. The molecule has 0 amide bonds. The van der Waals surface area contributed by atoms with Gasteiger partial charge in [-0.15, -0.1) is 0 Å². The summed E-state index contributed by atoms with van der Waals surface area (Å²) < 4.78 is 33.1. The van der Waals surface area contributed by atoms with Gasteiger partial charge in [0.25, 0.3) is 0 Å². The van der Waals surface area contributed by atoms with Crippen molar-refractivity contribution >= 4 is 22.1 Å². The van der Waals surface area contributed by atoms with Crippen molar-refractivity contribution in [3.63, 3.8) is 0 Å². The summed E-state index contributed by atoms with van der Waals surface area (Å²) in [7, 11) is -2.36. The molecule has 0 saturated carbocycles. The fourth-order valence-electron chi connectivity index (χ4n) is 3.22. The van der Waals surface area contributed by atoms with E-state index in [1.807, 2.05) is 24.3 Å². The number of benzene rings is 1. The number of hydrogen-bond donors (Lipinski definition) is 1. The van der Waals surface area contributed by atoms with Crippen molar-refractivity contribution in [2.75, 3.05) is 13.7 Å². The highest BCUT2D eigenvalue weighted by Gasteiger charge is 2.40. The van der Waals surface area contributed by atoms with Gasteiger partial charge in [0.1, 0.15) is 10.6 Å². The summed E-state index contributed by atoms with van der Waals surface area (Å²) in [5.41, 5.74) is 0.483. The molecule has 25 heavy (non-hydrogen) atoms. The minimum Gasteiger partial charge on any atom is -0.495 e. The first kappa shape index (κ1) is 17.4. The van der Waals surface area contributed by atoms with Crippen LogP contribution in [0.1, 0.15) is 12.0 Å². The monoisotopic (exact) mass is 361 g/mol. The van der Waals surface area contributed by atoms with Crippen molar-refractivity contribution in [3.05, 3.63) is 54.1 Å². The van der Waals surface area contributed by atoms with Crippen molar-refractivity contribution in [1.82, 2.24) is 4.31 Å². The lowest BCUT2D eigenvalue weighted by Gasteiger charge is -2.26. The van der Waals surface area contributed by atoms with E-state index >= 15 is 0 Å². The molecule has 1 fully saturated rings. The zero-order chi connectivity index (χ0) is 18.0. The number of fused-ring (bicyclic) bond motifs is 1. The number of allylic oxidation sites excluding steroid dienone is 2. The number of ether oxygens (including phenoxy) is 1. The van der Waals surface area contributed by atoms with Gasteiger partial charge in [0.2, 0.25) is 10.0 Å². The molecule has 2 unspecified atom stereocenters. The van der Waals surface area contributed by atoms with Gasteiger partial charge in [-0.25, -0.2) is 13.2 Å². The third kappa shape index (κ3) is 3.38. The Morgan fingerprint density at radius 3 is 2.80 bits per heavy atom. The fraction of sp³-hybridized carbons (Fsp3) is 0.278. The number of rotatable bonds is 5. The van der Waals surface area contributed by atoms with E-state index in [1.54, 1.807) is 12.1 Å². The summed E-state index contributed by atoms with van der Waals surface area (Å²) in [5, 5.41) is 8.75. The van der Waals surface area contributed by atoms with Crippen LogP contribution in [0.25, 0.3) is 6.08 Å². The first-order valence-electron chi connectivity index (χ1n) is 7.89. The van der Waals surface area contributed by atoms with Crippen molar-refractivity contribution in [2.45, 2.75) is 17.4 Å². The minimum absolute atomic E-state index is 0.0474. The summed E-state index contributed by atoms with van der Waals surface area (Å²) in [6.07, 6.45) is 10.8. The topological polar surface area (TPSA) is 83.9 Å². The second-order valence-electron chi connectivity index (χ2n) is 5.91. The van der Waals surface area contributed by atoms with E-state index in [-0.39, 0.29) is 22.6 Å². The molecule has 2 aliphatic rings. The Balaban J connectivity index is 2.01. The molecule has 2 atom stereocenters. The van der Waals surface area contributed by atoms with Crippen LogP contribution in [0.3, 0.4) is 0 Å². The van der Waals surface area contributed by atoms with Crippen LogP contribution in [0.15, 0.2) is 53.5 Å². The van der Waals surface area contributed by atoms with Gasteiger partial charge in [0.15, 0.2) is 0 Å². The molecule has 3 rings (SSSR count). The third-order valence-electron chi connectivity index (χ3n) is 4.42. The van der Waals surface area contributed by atoms with Gasteiger partial charge in [-0.05, 0) is 36.1 Å². The van der Waals surface area contributed by atoms with Crippen LogP contribution in [0, 0.1) is 5.92 Å². The van der Waals surface area contributed by atoms with E-state index in [2.05, 4.69) is 0 Å². The maximum Gasteiger partial charge on any atom is 0.328 e. The molecule has 0 bridgehead atoms. The highest BCUT2D eigenvalue weighted by molar-refractivity contribution is 7.89. The molecule has 1 saturated heterocycles. The van der Waals surface area contributed by atoms with E-state index < -0.39 is 16.0 Å². The molecule has 1 N–H and O–H groups in total. The van der Waals surface area contributed by atoms with Crippen molar-refractivity contribution < 1.29 is 23.1 Å². The molecule has 1 aromatic carbocycles. The van der Waals surface area contributed by atoms with Crippen molar-refractivity contribution in [2.24, 2.45) is 5.92 Å². The summed E-state index contributed by atoms with van der Waals surface area (Å²) in [5.74, 6) is -0.672. The van der Waals surface area contributed by atoms with Gasteiger partial charge in [-0.1, -0.05) is 30.4 Å². The summed E-state index contributed by atoms with van der Waals surface area (Å²) >= 11 is 0. The van der Waals surface area contributed by atoms with Gasteiger partial charge < -0.3 is 9.84 Å². The Morgan fingerprint density at radius 2 is 2.08 bits per heavy atom. The summed E-state index contributed by atoms with van der Waals surface area (Å²) in [6, 6.07) is 4.41. The van der Waals surface area contributed by atoms with Crippen LogP contribution in [0.4, 0.5) is 0 Å². The zero-order valence-electron chi connectivity index (χ0n) is 13.7. The maximum absolute atomic E-state index is 13.2. The second-order valence-corrected chi connectivity index (χ2v) is 7.77. The standard InChI is InChI=1S/C18H19NO5S/c1-24-16-8-6-13(7-9-18(20)21)12-17(16)25(22,23)19-11-10-14-4-2-3-5-15(14)19/h2-9,12,14-15H,10-11H2,1H3,(H,20,21). The number of hydrogen-bond acceptors (Lipinski definition) is 4. The predicted octanol–water partition coefficient (Wildman–Crippen LogP) is 2.30. The van der Waals surface area contributed by atoms with Crippen molar-refractivity contribution in [1.29, 1.82) is 0 Å². The number of aliphatic carboxylic acids is 1. The Morgan fingerprint density at radius 1 is 1.32 bits per heavy atom. The van der Waals surface area contributed by atoms with Gasteiger partial charge in [0, 0.05) is 18.7 Å². The Kier molecular flexibility index (Phi) is 4.78. The lowest BCUT2D eigenvalue weighted by atomic mass is 9.97. The maximum atomic E-state index is 13.2. The van der Waals surface area contributed by atoms with E-state index in [0.717, 1.165) is 12.5 Å². The van der Waals surface area contributed by atoms with Crippen LogP contribution in [-0.4, -0.2) is 43.5 Å². The number of carboxylic acids is 1. The molecule has 1 aliphatic carbocycles. The minimum atomic E-state index is -3.77. The van der Waals surface area contributed by atoms with E-state index in [9.17, 15) is 13.2 Å². The predicted molar refractivity (Wildman–Crippen MR) is 93.7 cm³/mol. The van der Waals surface area contributed by atoms with Gasteiger partial charge >= 0.3 is 5.97 Å². The van der Waals surface area contributed by atoms with Crippen LogP contribution in [-0.2, 0) is 14.8 Å². The number of carbonyl (C=O) groups is 1. The molecule has 6 nitrogen and oxygen atoms in total. The Labute approximate surface area is 146 Å². The molecular weight excluding hydrogens is 342 g/mol. The molecule has 0 radical (unpaired) electrons. The first-order chi connectivity index (χ1) is 11.9. The normalized spacial score (nSPS) is 23.1. The Bertz CT molecular complexity index is 869. The molecule has 0 spiro atoms.